The van der Waals surface area contributed by atoms with E-state index in [4.69, 9.17) is 0 Å². The van der Waals surface area contributed by atoms with Gasteiger partial charge in [0, 0.05) is 20.0 Å². The first-order valence-electron chi connectivity index (χ1n) is 3.94. The highest BCUT2D eigenvalue weighted by Crippen LogP contribution is 2.17. The van der Waals surface area contributed by atoms with Crippen LogP contribution in [0.15, 0.2) is 0 Å². The average Bonchev–Trinajstić information content (AvgIpc) is 2.32. The molecule has 0 aromatic heterocycles. The fourth-order valence-electron chi connectivity index (χ4n) is 1.37. The number of Topliss-reactive ketones (excluding diaryl/α,β-unsaturated/α-hetero) is 1. The maximum atomic E-state index is 11.2. The summed E-state index contributed by atoms with van der Waals surface area (Å²) in [5.41, 5.74) is 0. The Labute approximate surface area is 66.4 Å². The fraction of sp³-hybridized carbons (Fsp3) is 0.750. The van der Waals surface area contributed by atoms with Crippen molar-refractivity contribution in [2.45, 2.75) is 19.8 Å². The molecule has 1 amide bonds. The Balaban J connectivity index is 2.62. The summed E-state index contributed by atoms with van der Waals surface area (Å²) in [6.45, 7) is 2.53. The zero-order valence-electron chi connectivity index (χ0n) is 6.96. The second kappa shape index (κ2) is 3.03. The van der Waals surface area contributed by atoms with Crippen LogP contribution in [-0.4, -0.2) is 30.2 Å². The van der Waals surface area contributed by atoms with Crippen LogP contribution in [-0.2, 0) is 9.59 Å². The highest BCUT2D eigenvalue weighted by Gasteiger charge is 2.33. The number of hydrogen-bond donors (Lipinski definition) is 0. The van der Waals surface area contributed by atoms with E-state index in [-0.39, 0.29) is 17.6 Å². The van der Waals surface area contributed by atoms with Gasteiger partial charge < -0.3 is 4.90 Å². The van der Waals surface area contributed by atoms with Crippen LogP contribution in [0.4, 0.5) is 0 Å². The molecule has 0 spiro atoms. The Bertz CT molecular complexity index is 189. The van der Waals surface area contributed by atoms with Crippen molar-refractivity contribution >= 4 is 11.7 Å². The maximum Gasteiger partial charge on any atom is 0.232 e. The van der Waals surface area contributed by atoms with Crippen LogP contribution in [0, 0.1) is 5.92 Å². The molecule has 1 fully saturated rings. The number of rotatable bonds is 2. The van der Waals surface area contributed by atoms with E-state index in [0.717, 1.165) is 6.54 Å². The summed E-state index contributed by atoms with van der Waals surface area (Å²) in [5, 5.41) is 0. The molecule has 0 aromatic rings. The van der Waals surface area contributed by atoms with Crippen LogP contribution in [0.25, 0.3) is 0 Å². The predicted octanol–water partition coefficient (Wildman–Crippen LogP) is 0.444. The molecular formula is C8H13NO2. The lowest BCUT2D eigenvalue weighted by atomic mass is 10.0. The van der Waals surface area contributed by atoms with Gasteiger partial charge in [-0.05, 0) is 6.42 Å². The number of hydrogen-bond acceptors (Lipinski definition) is 2. The first-order valence-corrected chi connectivity index (χ1v) is 3.94. The van der Waals surface area contributed by atoms with Crippen molar-refractivity contribution in [1.29, 1.82) is 0 Å². The van der Waals surface area contributed by atoms with Gasteiger partial charge in [-0.2, -0.15) is 0 Å². The molecule has 0 N–H and O–H groups in total. The minimum Gasteiger partial charge on any atom is -0.345 e. The van der Waals surface area contributed by atoms with Crippen molar-refractivity contribution < 1.29 is 9.59 Å². The van der Waals surface area contributed by atoms with E-state index in [1.165, 1.54) is 0 Å². The molecule has 1 rings (SSSR count). The molecule has 1 unspecified atom stereocenters. The number of carbonyl (C=O) groups is 2. The summed E-state index contributed by atoms with van der Waals surface area (Å²) in [6, 6.07) is 0. The molecule has 11 heavy (non-hydrogen) atoms. The Morgan fingerprint density at radius 2 is 2.36 bits per heavy atom. The second-order valence-corrected chi connectivity index (χ2v) is 2.92. The molecule has 62 valence electrons. The number of likely N-dealkylation sites (tertiary alicyclic amines) is 1. The predicted molar refractivity (Wildman–Crippen MR) is 41.0 cm³/mol. The standard InChI is InChI=1S/C8H13NO2/c1-3-7(10)6-4-5-9(2)8(6)11/h6H,3-5H2,1-2H3. The molecule has 0 bridgehead atoms. The van der Waals surface area contributed by atoms with Crippen molar-refractivity contribution in [2.75, 3.05) is 13.6 Å². The number of amides is 1. The summed E-state index contributed by atoms with van der Waals surface area (Å²) in [4.78, 5) is 24.0. The SMILES string of the molecule is CCC(=O)C1CCN(C)C1=O. The zero-order chi connectivity index (χ0) is 8.43. The molecule has 1 aliphatic rings. The van der Waals surface area contributed by atoms with Gasteiger partial charge in [-0.1, -0.05) is 6.92 Å². The van der Waals surface area contributed by atoms with Gasteiger partial charge >= 0.3 is 0 Å². The normalized spacial score (nSPS) is 24.4. The first kappa shape index (κ1) is 8.24. The van der Waals surface area contributed by atoms with Crippen LogP contribution in [0.5, 0.6) is 0 Å². The number of ketones is 1. The minimum absolute atomic E-state index is 0.00292. The van der Waals surface area contributed by atoms with Crippen LogP contribution in [0.2, 0.25) is 0 Å². The van der Waals surface area contributed by atoms with Gasteiger partial charge in [-0.15, -0.1) is 0 Å². The van der Waals surface area contributed by atoms with Crippen LogP contribution >= 0.6 is 0 Å². The topological polar surface area (TPSA) is 37.4 Å². The molecule has 0 aromatic carbocycles. The van der Waals surface area contributed by atoms with Crippen LogP contribution in [0.3, 0.4) is 0 Å². The lowest BCUT2D eigenvalue weighted by molar-refractivity contribution is -0.135. The van der Waals surface area contributed by atoms with E-state index >= 15 is 0 Å². The van der Waals surface area contributed by atoms with E-state index in [1.807, 2.05) is 0 Å². The summed E-state index contributed by atoms with van der Waals surface area (Å²) < 4.78 is 0. The quantitative estimate of drug-likeness (QED) is 0.543. The first-order chi connectivity index (χ1) is 5.16. The lowest BCUT2D eigenvalue weighted by Gasteiger charge is -2.07. The zero-order valence-corrected chi connectivity index (χ0v) is 6.96. The highest BCUT2D eigenvalue weighted by molar-refractivity contribution is 6.02. The van der Waals surface area contributed by atoms with E-state index in [0.29, 0.717) is 12.8 Å². The van der Waals surface area contributed by atoms with Crippen LogP contribution in [0.1, 0.15) is 19.8 Å². The maximum absolute atomic E-state index is 11.2. The van der Waals surface area contributed by atoms with E-state index in [9.17, 15) is 9.59 Å². The summed E-state index contributed by atoms with van der Waals surface area (Å²) in [7, 11) is 1.74. The van der Waals surface area contributed by atoms with Gasteiger partial charge in [0.1, 0.15) is 5.78 Å². The van der Waals surface area contributed by atoms with Crippen LogP contribution < -0.4 is 0 Å². The number of carbonyl (C=O) groups excluding carboxylic acids is 2. The smallest absolute Gasteiger partial charge is 0.232 e. The molecule has 3 heteroatoms. The minimum atomic E-state index is -0.329. The van der Waals surface area contributed by atoms with Crippen molar-refractivity contribution in [1.82, 2.24) is 4.90 Å². The largest absolute Gasteiger partial charge is 0.345 e. The Morgan fingerprint density at radius 3 is 2.73 bits per heavy atom. The molecule has 1 atom stereocenters. The van der Waals surface area contributed by atoms with Gasteiger partial charge in [0.05, 0.1) is 5.92 Å². The Hall–Kier alpha value is -0.860. The summed E-state index contributed by atoms with van der Waals surface area (Å²) >= 11 is 0. The van der Waals surface area contributed by atoms with Gasteiger partial charge in [-0.25, -0.2) is 0 Å². The number of nitrogens with zero attached hydrogens (tertiary/aromatic N) is 1. The van der Waals surface area contributed by atoms with Gasteiger partial charge in [0.25, 0.3) is 0 Å². The summed E-state index contributed by atoms with van der Waals surface area (Å²) in [6.07, 6.45) is 1.19. The molecule has 0 saturated carbocycles. The van der Waals surface area contributed by atoms with Gasteiger partial charge in [0.2, 0.25) is 5.91 Å². The molecular weight excluding hydrogens is 142 g/mol. The lowest BCUT2D eigenvalue weighted by Crippen LogP contribution is -2.26. The van der Waals surface area contributed by atoms with Crippen molar-refractivity contribution in [3.05, 3.63) is 0 Å². The van der Waals surface area contributed by atoms with E-state index in [2.05, 4.69) is 0 Å². The monoisotopic (exact) mass is 155 g/mol. The Kier molecular flexibility index (Phi) is 2.27. The third-order valence-electron chi connectivity index (χ3n) is 2.16. The third kappa shape index (κ3) is 1.42. The van der Waals surface area contributed by atoms with Crippen molar-refractivity contribution in [3.8, 4) is 0 Å². The highest BCUT2D eigenvalue weighted by atomic mass is 16.2. The fourth-order valence-corrected chi connectivity index (χ4v) is 1.37. The molecule has 1 aliphatic heterocycles. The Morgan fingerprint density at radius 1 is 1.73 bits per heavy atom. The van der Waals surface area contributed by atoms with E-state index < -0.39 is 0 Å². The average molecular weight is 155 g/mol. The molecule has 3 nitrogen and oxygen atoms in total. The molecule has 1 heterocycles. The molecule has 1 saturated heterocycles. The van der Waals surface area contributed by atoms with Crippen molar-refractivity contribution in [2.24, 2.45) is 5.92 Å². The van der Waals surface area contributed by atoms with E-state index in [1.54, 1.807) is 18.9 Å². The van der Waals surface area contributed by atoms with Crippen molar-refractivity contribution in [3.63, 3.8) is 0 Å². The molecule has 0 aliphatic carbocycles. The van der Waals surface area contributed by atoms with Gasteiger partial charge in [-0.3, -0.25) is 9.59 Å². The third-order valence-corrected chi connectivity index (χ3v) is 2.16. The molecule has 0 radical (unpaired) electrons. The van der Waals surface area contributed by atoms with Gasteiger partial charge in [0.15, 0.2) is 0 Å². The summed E-state index contributed by atoms with van der Waals surface area (Å²) in [5.74, 6) is -0.249. The second-order valence-electron chi connectivity index (χ2n) is 2.92.